The molecule has 1 aromatic rings. The van der Waals surface area contributed by atoms with Gasteiger partial charge in [0.15, 0.2) is 5.11 Å². The molecule has 4 aliphatic rings. The van der Waals surface area contributed by atoms with Crippen molar-refractivity contribution < 1.29 is 0 Å². The topological polar surface area (TPSA) is 36.4 Å². The second-order valence-corrected chi connectivity index (χ2v) is 9.32. The highest BCUT2D eigenvalue weighted by atomic mass is 35.5. The lowest BCUT2D eigenvalue weighted by Gasteiger charge is -2.57. The molecule has 22 heavy (non-hydrogen) atoms. The van der Waals surface area contributed by atoms with Gasteiger partial charge < -0.3 is 5.32 Å². The molecule has 0 spiro atoms. The predicted octanol–water partition coefficient (Wildman–Crippen LogP) is 4.17. The van der Waals surface area contributed by atoms with Crippen LogP contribution >= 0.6 is 35.2 Å². The number of thiocarbonyl (C=S) groups is 1. The molecule has 0 atom stereocenters. The van der Waals surface area contributed by atoms with Crippen molar-refractivity contribution in [2.24, 2.45) is 22.9 Å². The first-order chi connectivity index (χ1) is 10.6. The third kappa shape index (κ3) is 3.03. The number of nitrogens with zero attached hydrogens (tertiary/aromatic N) is 1. The molecule has 0 radical (unpaired) electrons. The zero-order chi connectivity index (χ0) is 15.2. The fourth-order valence-electron chi connectivity index (χ4n) is 5.08. The molecule has 4 bridgehead atoms. The Morgan fingerprint density at radius 3 is 2.41 bits per heavy atom. The smallest absolute Gasteiger partial charge is 0.187 e. The van der Waals surface area contributed by atoms with E-state index in [1.165, 1.54) is 49.9 Å². The van der Waals surface area contributed by atoms with Gasteiger partial charge in [0, 0.05) is 10.4 Å². The van der Waals surface area contributed by atoms with E-state index in [-0.39, 0.29) is 5.54 Å². The Kier molecular flexibility index (Phi) is 3.91. The van der Waals surface area contributed by atoms with E-state index in [0.29, 0.717) is 5.11 Å². The number of rotatable bonds is 3. The van der Waals surface area contributed by atoms with E-state index in [2.05, 4.69) is 15.8 Å². The van der Waals surface area contributed by atoms with E-state index >= 15 is 0 Å². The molecular formula is C16H20ClN3S2. The van der Waals surface area contributed by atoms with Crippen molar-refractivity contribution in [2.75, 3.05) is 0 Å². The number of hydrogen-bond donors (Lipinski definition) is 2. The predicted molar refractivity (Wildman–Crippen MR) is 96.7 cm³/mol. The fourth-order valence-corrected chi connectivity index (χ4v) is 6.29. The van der Waals surface area contributed by atoms with Gasteiger partial charge >= 0.3 is 0 Å². The number of nitrogens with one attached hydrogen (secondary N) is 2. The van der Waals surface area contributed by atoms with Crippen LogP contribution in [0, 0.1) is 17.8 Å². The van der Waals surface area contributed by atoms with E-state index in [0.717, 1.165) is 27.0 Å². The van der Waals surface area contributed by atoms with Gasteiger partial charge in [-0.25, -0.2) is 0 Å². The minimum absolute atomic E-state index is 0.237. The molecule has 0 saturated heterocycles. The quantitative estimate of drug-likeness (QED) is 0.486. The second-order valence-electron chi connectivity index (χ2n) is 7.16. The normalized spacial score (nSPS) is 36.0. The van der Waals surface area contributed by atoms with Crippen LogP contribution in [0.3, 0.4) is 0 Å². The molecule has 0 unspecified atom stereocenters. The minimum Gasteiger partial charge on any atom is -0.356 e. The summed E-state index contributed by atoms with van der Waals surface area (Å²) in [6, 6.07) is 3.83. The van der Waals surface area contributed by atoms with E-state index in [1.54, 1.807) is 6.21 Å². The molecule has 3 nitrogen and oxygen atoms in total. The first-order valence-corrected chi connectivity index (χ1v) is 9.57. The molecule has 5 rings (SSSR count). The molecule has 6 heteroatoms. The maximum Gasteiger partial charge on any atom is 0.187 e. The van der Waals surface area contributed by atoms with Crippen LogP contribution in [0.5, 0.6) is 0 Å². The van der Waals surface area contributed by atoms with Crippen molar-refractivity contribution >= 4 is 46.5 Å². The summed E-state index contributed by atoms with van der Waals surface area (Å²) in [5.74, 6) is 2.75. The molecular weight excluding hydrogens is 334 g/mol. The summed E-state index contributed by atoms with van der Waals surface area (Å²) in [6.07, 6.45) is 9.95. The summed E-state index contributed by atoms with van der Waals surface area (Å²) < 4.78 is 0.774. The van der Waals surface area contributed by atoms with Gasteiger partial charge in [0.1, 0.15) is 0 Å². The standard InChI is InChI=1S/C16H20ClN3S2/c17-14-2-1-13(22-14)9-18-20-15(21)19-16-6-10-3-11(7-16)5-12(4-10)8-16/h1-2,9-12H,3-8H2,(H2,19,20,21). The van der Waals surface area contributed by atoms with Gasteiger partial charge in [0.2, 0.25) is 0 Å². The lowest BCUT2D eigenvalue weighted by molar-refractivity contribution is -0.0101. The first-order valence-electron chi connectivity index (χ1n) is 7.97. The van der Waals surface area contributed by atoms with Crippen LogP contribution in [0.15, 0.2) is 17.2 Å². The summed E-state index contributed by atoms with van der Waals surface area (Å²) in [5, 5.41) is 8.48. The summed E-state index contributed by atoms with van der Waals surface area (Å²) in [4.78, 5) is 1.02. The Hall–Kier alpha value is -0.650. The number of thiophene rings is 1. The van der Waals surface area contributed by atoms with Crippen molar-refractivity contribution in [3.8, 4) is 0 Å². The van der Waals surface area contributed by atoms with E-state index in [1.807, 2.05) is 12.1 Å². The van der Waals surface area contributed by atoms with Crippen LogP contribution < -0.4 is 10.7 Å². The van der Waals surface area contributed by atoms with E-state index in [9.17, 15) is 0 Å². The van der Waals surface area contributed by atoms with Crippen molar-refractivity contribution in [1.82, 2.24) is 10.7 Å². The van der Waals surface area contributed by atoms with E-state index in [4.69, 9.17) is 23.8 Å². The van der Waals surface area contributed by atoms with Crippen molar-refractivity contribution in [3.63, 3.8) is 0 Å². The lowest BCUT2D eigenvalue weighted by Crippen LogP contribution is -2.61. The maximum atomic E-state index is 5.90. The van der Waals surface area contributed by atoms with Gasteiger partial charge in [-0.2, -0.15) is 5.10 Å². The van der Waals surface area contributed by atoms with Crippen LogP contribution in [0.2, 0.25) is 4.34 Å². The number of hydrogen-bond acceptors (Lipinski definition) is 3. The third-order valence-electron chi connectivity index (χ3n) is 5.37. The third-order valence-corrected chi connectivity index (χ3v) is 6.73. The number of halogens is 1. The van der Waals surface area contributed by atoms with Crippen LogP contribution in [0.4, 0.5) is 0 Å². The Bertz CT molecular complexity index is 575. The van der Waals surface area contributed by atoms with Crippen molar-refractivity contribution in [2.45, 2.75) is 44.1 Å². The monoisotopic (exact) mass is 353 g/mol. The van der Waals surface area contributed by atoms with Crippen molar-refractivity contribution in [3.05, 3.63) is 21.3 Å². The Labute approximate surface area is 145 Å². The molecule has 0 aliphatic heterocycles. The van der Waals surface area contributed by atoms with Crippen molar-refractivity contribution in [1.29, 1.82) is 0 Å². The van der Waals surface area contributed by atoms with Gasteiger partial charge in [0.05, 0.1) is 10.6 Å². The molecule has 4 fully saturated rings. The Morgan fingerprint density at radius 1 is 1.23 bits per heavy atom. The highest BCUT2D eigenvalue weighted by molar-refractivity contribution is 7.80. The van der Waals surface area contributed by atoms with Gasteiger partial charge in [0.25, 0.3) is 0 Å². The maximum absolute atomic E-state index is 5.90. The summed E-state index contributed by atoms with van der Waals surface area (Å²) in [7, 11) is 0. The van der Waals surface area contributed by atoms with Gasteiger partial charge in [-0.1, -0.05) is 11.6 Å². The zero-order valence-electron chi connectivity index (χ0n) is 12.3. The minimum atomic E-state index is 0.237. The summed E-state index contributed by atoms with van der Waals surface area (Å²) >= 11 is 12.9. The highest BCUT2D eigenvalue weighted by Crippen LogP contribution is 2.55. The SMILES string of the molecule is S=C(NN=Cc1ccc(Cl)s1)NC12CC3CC(CC(C3)C1)C2. The summed E-state index contributed by atoms with van der Waals surface area (Å²) in [6.45, 7) is 0. The average molecular weight is 354 g/mol. The molecule has 2 N–H and O–H groups in total. The first kappa shape index (κ1) is 14.9. The molecule has 1 heterocycles. The molecule has 0 amide bonds. The molecule has 4 aliphatic carbocycles. The Balaban J connectivity index is 1.35. The van der Waals surface area contributed by atoms with Crippen LogP contribution in [0.25, 0.3) is 0 Å². The average Bonchev–Trinajstić information content (AvgIpc) is 2.82. The fraction of sp³-hybridized carbons (Fsp3) is 0.625. The number of hydrazone groups is 1. The lowest BCUT2D eigenvalue weighted by atomic mass is 9.53. The molecule has 0 aromatic carbocycles. The van der Waals surface area contributed by atoms with Crippen LogP contribution in [0.1, 0.15) is 43.4 Å². The van der Waals surface area contributed by atoms with Crippen LogP contribution in [-0.4, -0.2) is 16.9 Å². The van der Waals surface area contributed by atoms with Gasteiger partial charge in [-0.15, -0.1) is 11.3 Å². The van der Waals surface area contributed by atoms with E-state index < -0.39 is 0 Å². The highest BCUT2D eigenvalue weighted by Gasteiger charge is 2.51. The van der Waals surface area contributed by atoms with Gasteiger partial charge in [-0.05, 0) is 80.6 Å². The second kappa shape index (κ2) is 5.77. The van der Waals surface area contributed by atoms with Crippen LogP contribution in [-0.2, 0) is 0 Å². The molecule has 118 valence electrons. The largest absolute Gasteiger partial charge is 0.356 e. The summed E-state index contributed by atoms with van der Waals surface area (Å²) in [5.41, 5.74) is 3.21. The molecule has 4 saturated carbocycles. The van der Waals surface area contributed by atoms with Gasteiger partial charge in [-0.3, -0.25) is 5.43 Å². The molecule has 1 aromatic heterocycles. The zero-order valence-corrected chi connectivity index (χ0v) is 14.7. The Morgan fingerprint density at radius 2 is 1.86 bits per heavy atom.